The maximum Gasteiger partial charge on any atom is 0.418 e. The first-order valence-corrected chi connectivity index (χ1v) is 6.38. The van der Waals surface area contributed by atoms with Gasteiger partial charge in [-0.15, -0.1) is 0 Å². The fourth-order valence-electron chi connectivity index (χ4n) is 2.38. The highest BCUT2D eigenvalue weighted by Gasteiger charge is 2.36. The molecule has 7 heteroatoms. The van der Waals surface area contributed by atoms with Crippen molar-refractivity contribution in [1.29, 1.82) is 0 Å². The number of amides is 1. The van der Waals surface area contributed by atoms with Crippen LogP contribution >= 0.6 is 0 Å². The number of hydrogen-bond donors (Lipinski definition) is 2. The molecule has 110 valence electrons. The van der Waals surface area contributed by atoms with E-state index in [-0.39, 0.29) is 12.5 Å². The number of nitrogens with zero attached hydrogens (tertiary/aromatic N) is 1. The number of hydrogen-bond acceptors (Lipinski definition) is 3. The summed E-state index contributed by atoms with van der Waals surface area (Å²) >= 11 is 0. The Kier molecular flexibility index (Phi) is 4.27. The second-order valence-electron chi connectivity index (χ2n) is 4.87. The maximum absolute atomic E-state index is 12.8. The first-order chi connectivity index (χ1) is 9.39. The molecule has 1 saturated carbocycles. The van der Waals surface area contributed by atoms with Crippen LogP contribution in [-0.4, -0.2) is 28.6 Å². The van der Waals surface area contributed by atoms with E-state index in [1.54, 1.807) is 0 Å². The van der Waals surface area contributed by atoms with Crippen molar-refractivity contribution >= 4 is 5.91 Å². The minimum atomic E-state index is -4.62. The van der Waals surface area contributed by atoms with Gasteiger partial charge in [0.15, 0.2) is 0 Å². The smallest absolute Gasteiger partial charge is 0.393 e. The van der Waals surface area contributed by atoms with Crippen molar-refractivity contribution in [3.63, 3.8) is 0 Å². The molecule has 4 nitrogen and oxygen atoms in total. The molecule has 1 fully saturated rings. The summed E-state index contributed by atoms with van der Waals surface area (Å²) in [5, 5.41) is 12.0. The molecule has 0 spiro atoms. The third-order valence-corrected chi connectivity index (χ3v) is 3.47. The summed E-state index contributed by atoms with van der Waals surface area (Å²) in [6.07, 6.45) is -1.68. The van der Waals surface area contributed by atoms with Gasteiger partial charge in [0, 0.05) is 18.7 Å². The highest BCUT2D eigenvalue weighted by Crippen LogP contribution is 2.31. The Hall–Kier alpha value is -1.63. The number of nitrogens with one attached hydrogen (secondary N) is 1. The SMILES string of the molecule is O=C(NCC1CCCC1O)c1ncccc1C(F)(F)F. The van der Waals surface area contributed by atoms with Crippen LogP contribution in [0.15, 0.2) is 18.3 Å². The monoisotopic (exact) mass is 288 g/mol. The zero-order valence-corrected chi connectivity index (χ0v) is 10.7. The minimum Gasteiger partial charge on any atom is -0.393 e. The van der Waals surface area contributed by atoms with Gasteiger partial charge < -0.3 is 10.4 Å². The topological polar surface area (TPSA) is 62.2 Å². The molecule has 2 unspecified atom stereocenters. The zero-order chi connectivity index (χ0) is 14.8. The van der Waals surface area contributed by atoms with Crippen LogP contribution < -0.4 is 5.32 Å². The molecule has 20 heavy (non-hydrogen) atoms. The molecule has 1 aliphatic rings. The number of aliphatic hydroxyl groups is 1. The molecule has 1 aliphatic carbocycles. The minimum absolute atomic E-state index is 0.100. The van der Waals surface area contributed by atoms with Gasteiger partial charge >= 0.3 is 6.18 Å². The Balaban J connectivity index is 2.06. The standard InChI is InChI=1S/C13H15F3N2O2/c14-13(15,16)9-4-2-6-17-11(9)12(20)18-7-8-3-1-5-10(8)19/h2,4,6,8,10,19H,1,3,5,7H2,(H,18,20). The van der Waals surface area contributed by atoms with E-state index >= 15 is 0 Å². The molecule has 1 amide bonds. The van der Waals surface area contributed by atoms with Gasteiger partial charge in [0.1, 0.15) is 5.69 Å². The first kappa shape index (κ1) is 14.8. The predicted octanol–water partition coefficient (Wildman–Crippen LogP) is 1.99. The highest BCUT2D eigenvalue weighted by atomic mass is 19.4. The third-order valence-electron chi connectivity index (χ3n) is 3.47. The van der Waals surface area contributed by atoms with E-state index in [0.29, 0.717) is 6.42 Å². The predicted molar refractivity (Wildman–Crippen MR) is 64.9 cm³/mol. The molecule has 2 atom stereocenters. The highest BCUT2D eigenvalue weighted by molar-refractivity contribution is 5.93. The van der Waals surface area contributed by atoms with Crippen molar-refractivity contribution in [1.82, 2.24) is 10.3 Å². The summed E-state index contributed by atoms with van der Waals surface area (Å²) in [4.78, 5) is 15.3. The van der Waals surface area contributed by atoms with Crippen LogP contribution in [0.3, 0.4) is 0 Å². The summed E-state index contributed by atoms with van der Waals surface area (Å²) < 4.78 is 38.3. The lowest BCUT2D eigenvalue weighted by Gasteiger charge is -2.16. The molecule has 0 bridgehead atoms. The number of halogens is 3. The molecule has 2 rings (SSSR count). The Morgan fingerprint density at radius 1 is 1.45 bits per heavy atom. The van der Waals surface area contributed by atoms with Crippen molar-refractivity contribution in [3.05, 3.63) is 29.6 Å². The Morgan fingerprint density at radius 3 is 2.80 bits per heavy atom. The number of aliphatic hydroxyl groups excluding tert-OH is 1. The third kappa shape index (κ3) is 3.27. The van der Waals surface area contributed by atoms with Crippen LogP contribution in [0.4, 0.5) is 13.2 Å². The molecule has 1 aromatic rings. The van der Waals surface area contributed by atoms with Crippen LogP contribution in [0.25, 0.3) is 0 Å². The van der Waals surface area contributed by atoms with Crippen LogP contribution in [0.1, 0.15) is 35.3 Å². The number of rotatable bonds is 3. The lowest BCUT2D eigenvalue weighted by Crippen LogP contribution is -2.34. The lowest BCUT2D eigenvalue weighted by molar-refractivity contribution is -0.138. The number of alkyl halides is 3. The summed E-state index contributed by atoms with van der Waals surface area (Å²) in [5.74, 6) is -0.964. The Morgan fingerprint density at radius 2 is 2.20 bits per heavy atom. The van der Waals surface area contributed by atoms with E-state index in [4.69, 9.17) is 0 Å². The average Bonchev–Trinajstić information content (AvgIpc) is 2.80. The van der Waals surface area contributed by atoms with E-state index in [1.807, 2.05) is 0 Å². The Bertz CT molecular complexity index is 491. The average molecular weight is 288 g/mol. The summed E-state index contributed by atoms with van der Waals surface area (Å²) in [6, 6.07) is 1.96. The lowest BCUT2D eigenvalue weighted by atomic mass is 10.1. The van der Waals surface area contributed by atoms with Gasteiger partial charge in [-0.05, 0) is 25.0 Å². The second-order valence-corrected chi connectivity index (χ2v) is 4.87. The summed E-state index contributed by atoms with van der Waals surface area (Å²) in [5.41, 5.74) is -1.68. The molecule has 0 saturated heterocycles. The van der Waals surface area contributed by atoms with Gasteiger partial charge in [-0.25, -0.2) is 0 Å². The van der Waals surface area contributed by atoms with Gasteiger partial charge in [0.2, 0.25) is 0 Å². The second kappa shape index (κ2) is 5.78. The number of carbonyl (C=O) groups excluding carboxylic acids is 1. The van der Waals surface area contributed by atoms with E-state index in [0.717, 1.165) is 31.2 Å². The molecule has 0 radical (unpaired) electrons. The van der Waals surface area contributed by atoms with Crippen LogP contribution in [-0.2, 0) is 6.18 Å². The summed E-state index contributed by atoms with van der Waals surface area (Å²) in [6.45, 7) is 0.161. The number of pyridine rings is 1. The van der Waals surface area contributed by atoms with E-state index in [2.05, 4.69) is 10.3 Å². The number of aromatic nitrogens is 1. The van der Waals surface area contributed by atoms with Crippen LogP contribution in [0.2, 0.25) is 0 Å². The van der Waals surface area contributed by atoms with E-state index < -0.39 is 29.4 Å². The van der Waals surface area contributed by atoms with Gasteiger partial charge in [0.25, 0.3) is 5.91 Å². The van der Waals surface area contributed by atoms with Gasteiger partial charge in [-0.1, -0.05) is 6.42 Å². The molecule has 2 N–H and O–H groups in total. The maximum atomic E-state index is 12.8. The molecular weight excluding hydrogens is 273 g/mol. The van der Waals surface area contributed by atoms with Crippen LogP contribution in [0, 0.1) is 5.92 Å². The van der Waals surface area contributed by atoms with Crippen molar-refractivity contribution in [2.45, 2.75) is 31.5 Å². The molecule has 0 aliphatic heterocycles. The summed E-state index contributed by atoms with van der Waals surface area (Å²) in [7, 11) is 0. The zero-order valence-electron chi connectivity index (χ0n) is 10.7. The molecular formula is C13H15F3N2O2. The quantitative estimate of drug-likeness (QED) is 0.894. The van der Waals surface area contributed by atoms with E-state index in [9.17, 15) is 23.1 Å². The fraction of sp³-hybridized carbons (Fsp3) is 0.538. The van der Waals surface area contributed by atoms with Crippen LogP contribution in [0.5, 0.6) is 0 Å². The van der Waals surface area contributed by atoms with Gasteiger partial charge in [0.05, 0.1) is 11.7 Å². The number of carbonyl (C=O) groups is 1. The van der Waals surface area contributed by atoms with Crippen molar-refractivity contribution in [3.8, 4) is 0 Å². The largest absolute Gasteiger partial charge is 0.418 e. The van der Waals surface area contributed by atoms with Gasteiger partial charge in [-0.3, -0.25) is 9.78 Å². The fourth-order valence-corrected chi connectivity index (χ4v) is 2.38. The molecule has 0 aromatic carbocycles. The normalized spacial score (nSPS) is 22.8. The van der Waals surface area contributed by atoms with E-state index in [1.165, 1.54) is 0 Å². The van der Waals surface area contributed by atoms with Crippen molar-refractivity contribution in [2.24, 2.45) is 5.92 Å². The van der Waals surface area contributed by atoms with Crippen molar-refractivity contribution < 1.29 is 23.1 Å². The molecule has 1 aromatic heterocycles. The Labute approximate surface area is 114 Å². The first-order valence-electron chi connectivity index (χ1n) is 6.38. The molecule has 1 heterocycles. The van der Waals surface area contributed by atoms with Crippen molar-refractivity contribution in [2.75, 3.05) is 6.54 Å². The van der Waals surface area contributed by atoms with Gasteiger partial charge in [-0.2, -0.15) is 13.2 Å².